The van der Waals surface area contributed by atoms with Crippen LogP contribution in [-0.2, 0) is 14.2 Å². The van der Waals surface area contributed by atoms with E-state index in [4.69, 9.17) is 14.2 Å². The number of nitrogens with one attached hydrogen (secondary N) is 1. The Bertz CT molecular complexity index is 405. The van der Waals surface area contributed by atoms with Crippen LogP contribution in [0.15, 0.2) is 0 Å². The first-order valence-electron chi connectivity index (χ1n) is 9.78. The number of amides is 1. The number of alkyl carbamates (subject to hydrolysis) is 1. The molecule has 1 N–H and O–H groups in total. The number of hydrogen-bond donors (Lipinski definition) is 1. The molecule has 0 aromatic heterocycles. The van der Waals surface area contributed by atoms with E-state index in [1.807, 2.05) is 20.8 Å². The van der Waals surface area contributed by atoms with Crippen molar-refractivity contribution in [3.63, 3.8) is 0 Å². The van der Waals surface area contributed by atoms with Gasteiger partial charge in [-0.2, -0.15) is 0 Å². The zero-order valence-corrected chi connectivity index (χ0v) is 16.4. The molecular formula is C19H36N2O4. The van der Waals surface area contributed by atoms with Crippen molar-refractivity contribution in [3.05, 3.63) is 0 Å². The lowest BCUT2D eigenvalue weighted by Gasteiger charge is -2.39. The Labute approximate surface area is 152 Å². The monoisotopic (exact) mass is 356 g/mol. The van der Waals surface area contributed by atoms with Crippen LogP contribution >= 0.6 is 0 Å². The minimum Gasteiger partial charge on any atom is -0.444 e. The molecule has 1 amide bonds. The Balaban J connectivity index is 1.73. The maximum Gasteiger partial charge on any atom is 0.407 e. The van der Waals surface area contributed by atoms with Gasteiger partial charge in [0.25, 0.3) is 0 Å². The molecule has 0 aromatic carbocycles. The standard InChI is InChI=1S/C19H36N2O4/c1-15(20-18(22)25-19(2,3)4)17-9-5-6-10-21(17)11-13-23-14-16-8-7-12-24-16/h15-17H,5-14H2,1-4H3,(H,20,22). The summed E-state index contributed by atoms with van der Waals surface area (Å²) in [6.45, 7) is 12.0. The fraction of sp³-hybridized carbons (Fsp3) is 0.947. The number of ether oxygens (including phenoxy) is 3. The smallest absolute Gasteiger partial charge is 0.407 e. The molecule has 0 spiro atoms. The van der Waals surface area contributed by atoms with E-state index in [2.05, 4.69) is 17.1 Å². The highest BCUT2D eigenvalue weighted by Gasteiger charge is 2.29. The van der Waals surface area contributed by atoms with E-state index >= 15 is 0 Å². The molecule has 6 heteroatoms. The first-order valence-corrected chi connectivity index (χ1v) is 9.78. The summed E-state index contributed by atoms with van der Waals surface area (Å²) in [6.07, 6.45) is 5.73. The van der Waals surface area contributed by atoms with Crippen molar-refractivity contribution >= 4 is 6.09 Å². The van der Waals surface area contributed by atoms with Crippen LogP contribution in [0.25, 0.3) is 0 Å². The number of piperidine rings is 1. The third-order valence-corrected chi connectivity index (χ3v) is 4.84. The molecule has 146 valence electrons. The van der Waals surface area contributed by atoms with Crippen molar-refractivity contribution in [2.75, 3.05) is 32.9 Å². The summed E-state index contributed by atoms with van der Waals surface area (Å²) in [7, 11) is 0. The van der Waals surface area contributed by atoms with E-state index in [9.17, 15) is 4.79 Å². The van der Waals surface area contributed by atoms with Gasteiger partial charge in [0.2, 0.25) is 0 Å². The average Bonchev–Trinajstić information content (AvgIpc) is 3.03. The fourth-order valence-electron chi connectivity index (χ4n) is 3.62. The number of likely N-dealkylation sites (tertiary alicyclic amines) is 1. The minimum absolute atomic E-state index is 0.0633. The first kappa shape index (κ1) is 20.5. The molecule has 2 aliphatic heterocycles. The van der Waals surface area contributed by atoms with E-state index in [0.29, 0.717) is 12.6 Å². The number of rotatable bonds is 7. The number of carbonyl (C=O) groups is 1. The Kier molecular flexibility index (Phi) is 7.97. The summed E-state index contributed by atoms with van der Waals surface area (Å²) in [4.78, 5) is 14.5. The van der Waals surface area contributed by atoms with Crippen LogP contribution < -0.4 is 5.32 Å². The van der Waals surface area contributed by atoms with E-state index in [-0.39, 0.29) is 18.2 Å². The van der Waals surface area contributed by atoms with Gasteiger partial charge in [-0.1, -0.05) is 6.42 Å². The van der Waals surface area contributed by atoms with Crippen molar-refractivity contribution in [3.8, 4) is 0 Å². The highest BCUT2D eigenvalue weighted by molar-refractivity contribution is 5.68. The van der Waals surface area contributed by atoms with Crippen molar-refractivity contribution in [2.45, 2.75) is 83.6 Å². The second-order valence-corrected chi connectivity index (χ2v) is 8.24. The van der Waals surface area contributed by atoms with Crippen molar-refractivity contribution in [1.29, 1.82) is 0 Å². The highest BCUT2D eigenvalue weighted by atomic mass is 16.6. The van der Waals surface area contributed by atoms with Crippen LogP contribution in [0.1, 0.15) is 59.8 Å². The van der Waals surface area contributed by atoms with Crippen molar-refractivity contribution in [2.24, 2.45) is 0 Å². The van der Waals surface area contributed by atoms with Crippen LogP contribution in [0, 0.1) is 0 Å². The average molecular weight is 357 g/mol. The third kappa shape index (κ3) is 7.50. The molecule has 2 saturated heterocycles. The molecule has 2 rings (SSSR count). The largest absolute Gasteiger partial charge is 0.444 e. The second kappa shape index (κ2) is 9.74. The predicted molar refractivity (Wildman–Crippen MR) is 97.8 cm³/mol. The van der Waals surface area contributed by atoms with E-state index in [1.54, 1.807) is 0 Å². The highest BCUT2D eigenvalue weighted by Crippen LogP contribution is 2.20. The summed E-state index contributed by atoms with van der Waals surface area (Å²) in [5.41, 5.74) is -0.466. The second-order valence-electron chi connectivity index (χ2n) is 8.24. The van der Waals surface area contributed by atoms with Gasteiger partial charge >= 0.3 is 6.09 Å². The lowest BCUT2D eigenvalue weighted by molar-refractivity contribution is 0.000856. The molecule has 0 aliphatic carbocycles. The molecule has 0 aromatic rings. The predicted octanol–water partition coefficient (Wildman–Crippen LogP) is 2.95. The first-order chi connectivity index (χ1) is 11.8. The molecule has 2 aliphatic rings. The van der Waals surface area contributed by atoms with Gasteiger partial charge in [0.15, 0.2) is 0 Å². The number of hydrogen-bond acceptors (Lipinski definition) is 5. The third-order valence-electron chi connectivity index (χ3n) is 4.84. The van der Waals surface area contributed by atoms with Crippen LogP contribution in [0.3, 0.4) is 0 Å². The zero-order valence-electron chi connectivity index (χ0n) is 16.4. The maximum atomic E-state index is 12.0. The van der Waals surface area contributed by atoms with Crippen molar-refractivity contribution in [1.82, 2.24) is 10.2 Å². The van der Waals surface area contributed by atoms with Gasteiger partial charge in [0.05, 0.1) is 19.3 Å². The molecule has 2 heterocycles. The van der Waals surface area contributed by atoms with Crippen LogP contribution in [0.4, 0.5) is 4.79 Å². The molecule has 2 fully saturated rings. The van der Waals surface area contributed by atoms with Crippen LogP contribution in [0.2, 0.25) is 0 Å². The number of carbonyl (C=O) groups excluding carboxylic acids is 1. The molecule has 6 nitrogen and oxygen atoms in total. The van der Waals surface area contributed by atoms with Gasteiger partial charge < -0.3 is 19.5 Å². The summed E-state index contributed by atoms with van der Waals surface area (Å²) in [6, 6.07) is 0.404. The summed E-state index contributed by atoms with van der Waals surface area (Å²) >= 11 is 0. The Hall–Kier alpha value is -0.850. The Morgan fingerprint density at radius 1 is 1.28 bits per heavy atom. The summed E-state index contributed by atoms with van der Waals surface area (Å²) < 4.78 is 16.8. The normalized spacial score (nSPS) is 26.4. The van der Waals surface area contributed by atoms with Gasteiger partial charge in [-0.25, -0.2) is 4.79 Å². The van der Waals surface area contributed by atoms with Gasteiger partial charge in [0, 0.05) is 25.2 Å². The number of nitrogens with zero attached hydrogens (tertiary/aromatic N) is 1. The minimum atomic E-state index is -0.466. The van der Waals surface area contributed by atoms with Crippen molar-refractivity contribution < 1.29 is 19.0 Å². The molecule has 0 bridgehead atoms. The van der Waals surface area contributed by atoms with E-state index in [0.717, 1.165) is 45.6 Å². The van der Waals surface area contributed by atoms with Gasteiger partial charge in [-0.3, -0.25) is 4.90 Å². The lowest BCUT2D eigenvalue weighted by Crippen LogP contribution is -2.53. The molecule has 0 radical (unpaired) electrons. The molecular weight excluding hydrogens is 320 g/mol. The van der Waals surface area contributed by atoms with E-state index < -0.39 is 5.60 Å². The fourth-order valence-corrected chi connectivity index (χ4v) is 3.62. The van der Waals surface area contributed by atoms with Gasteiger partial charge in [0.1, 0.15) is 5.60 Å². The zero-order chi connectivity index (χ0) is 18.3. The molecule has 25 heavy (non-hydrogen) atoms. The van der Waals surface area contributed by atoms with Crippen LogP contribution in [-0.4, -0.2) is 67.7 Å². The Morgan fingerprint density at radius 3 is 2.76 bits per heavy atom. The van der Waals surface area contributed by atoms with Gasteiger partial charge in [-0.05, 0) is 59.9 Å². The van der Waals surface area contributed by atoms with Gasteiger partial charge in [-0.15, -0.1) is 0 Å². The molecule has 3 unspecified atom stereocenters. The molecule has 0 saturated carbocycles. The van der Waals surface area contributed by atoms with Crippen LogP contribution in [0.5, 0.6) is 0 Å². The topological polar surface area (TPSA) is 60.0 Å². The maximum absolute atomic E-state index is 12.0. The molecule has 3 atom stereocenters. The summed E-state index contributed by atoms with van der Waals surface area (Å²) in [5, 5.41) is 3.01. The van der Waals surface area contributed by atoms with E-state index in [1.165, 1.54) is 12.8 Å². The summed E-state index contributed by atoms with van der Waals surface area (Å²) in [5.74, 6) is 0. The lowest BCUT2D eigenvalue weighted by atomic mass is 9.96. The Morgan fingerprint density at radius 2 is 2.08 bits per heavy atom. The quantitative estimate of drug-likeness (QED) is 0.711. The SMILES string of the molecule is CC(NC(=O)OC(C)(C)C)C1CCCCN1CCOCC1CCCO1.